The van der Waals surface area contributed by atoms with Crippen LogP contribution in [0.15, 0.2) is 42.5 Å². The van der Waals surface area contributed by atoms with E-state index in [1.54, 1.807) is 0 Å². The largest absolute Gasteiger partial charge is 0.478 e. The normalized spacial score (nSPS) is 11.1. The molecule has 0 fully saturated rings. The molecule has 120 valence electrons. The number of carbonyl (C=O) groups is 2. The van der Waals surface area contributed by atoms with Crippen molar-refractivity contribution in [2.24, 2.45) is 0 Å². The fraction of sp³-hybridized carbons (Fsp3) is 0.125. The van der Waals surface area contributed by atoms with E-state index in [1.165, 1.54) is 43.3 Å². The molecule has 4 nitrogen and oxygen atoms in total. The van der Waals surface area contributed by atoms with Crippen LogP contribution in [0.3, 0.4) is 0 Å². The molecule has 0 unspecified atom stereocenters. The van der Waals surface area contributed by atoms with Gasteiger partial charge in [0.25, 0.3) is 5.91 Å². The second kappa shape index (κ2) is 6.12. The van der Waals surface area contributed by atoms with Gasteiger partial charge in [0.1, 0.15) is 0 Å². The molecule has 0 atom stereocenters. The van der Waals surface area contributed by atoms with Crippen LogP contribution in [0.1, 0.15) is 31.8 Å². The maximum atomic E-state index is 12.9. The molecule has 0 aliphatic heterocycles. The highest BCUT2D eigenvalue weighted by molar-refractivity contribution is 6.10. The van der Waals surface area contributed by atoms with Crippen LogP contribution in [0.4, 0.5) is 18.9 Å². The van der Waals surface area contributed by atoms with Crippen LogP contribution in [-0.4, -0.2) is 17.0 Å². The lowest BCUT2D eigenvalue weighted by molar-refractivity contribution is -0.138. The maximum Gasteiger partial charge on any atom is 0.416 e. The van der Waals surface area contributed by atoms with Gasteiger partial charge in [0, 0.05) is 5.69 Å². The molecule has 7 heteroatoms. The minimum atomic E-state index is -4.54. The second-order valence-corrected chi connectivity index (χ2v) is 4.78. The summed E-state index contributed by atoms with van der Waals surface area (Å²) >= 11 is 0. The fourth-order valence-corrected chi connectivity index (χ4v) is 2.14. The molecule has 0 saturated heterocycles. The molecule has 0 aliphatic carbocycles. The van der Waals surface area contributed by atoms with Crippen LogP contribution >= 0.6 is 0 Å². The number of rotatable bonds is 3. The van der Waals surface area contributed by atoms with Gasteiger partial charge in [0.05, 0.1) is 16.7 Å². The number of benzene rings is 2. The third-order valence-corrected chi connectivity index (χ3v) is 3.29. The summed E-state index contributed by atoms with van der Waals surface area (Å²) in [6.07, 6.45) is -4.54. The molecule has 0 aliphatic rings. The summed E-state index contributed by atoms with van der Waals surface area (Å²) in [5.74, 6) is -2.08. The molecule has 0 saturated carbocycles. The van der Waals surface area contributed by atoms with Crippen LogP contribution in [0, 0.1) is 6.92 Å². The first-order valence-electron chi connectivity index (χ1n) is 6.52. The van der Waals surface area contributed by atoms with E-state index in [-0.39, 0.29) is 22.4 Å². The lowest BCUT2D eigenvalue weighted by Gasteiger charge is -2.15. The number of anilines is 1. The topological polar surface area (TPSA) is 66.4 Å². The Kier molecular flexibility index (Phi) is 4.40. The van der Waals surface area contributed by atoms with Crippen molar-refractivity contribution in [1.82, 2.24) is 0 Å². The molecule has 0 radical (unpaired) electrons. The first-order valence-corrected chi connectivity index (χ1v) is 6.52. The van der Waals surface area contributed by atoms with Gasteiger partial charge >= 0.3 is 12.1 Å². The lowest BCUT2D eigenvalue weighted by Crippen LogP contribution is -2.18. The average molecular weight is 323 g/mol. The van der Waals surface area contributed by atoms with Gasteiger partial charge in [-0.2, -0.15) is 13.2 Å². The fourth-order valence-electron chi connectivity index (χ4n) is 2.14. The Hall–Kier alpha value is -2.83. The van der Waals surface area contributed by atoms with E-state index in [2.05, 4.69) is 5.32 Å². The molecular weight excluding hydrogens is 311 g/mol. The van der Waals surface area contributed by atoms with Gasteiger partial charge in [-0.15, -0.1) is 0 Å². The van der Waals surface area contributed by atoms with Gasteiger partial charge in [0.15, 0.2) is 0 Å². The molecule has 2 N–H and O–H groups in total. The number of aromatic carboxylic acids is 1. The number of halogens is 3. The standard InChI is InChI=1S/C16H12F3NO3/c1-9-12(16(17,18)19)7-4-8-13(9)20-14(21)10-5-2-3-6-11(10)15(22)23/h2-8H,1H3,(H,20,21)(H,22,23). The molecule has 23 heavy (non-hydrogen) atoms. The molecule has 0 heterocycles. The van der Waals surface area contributed by atoms with Crippen LogP contribution in [0.25, 0.3) is 0 Å². The summed E-state index contributed by atoms with van der Waals surface area (Å²) in [5.41, 5.74) is -1.38. The summed E-state index contributed by atoms with van der Waals surface area (Å²) in [7, 11) is 0. The number of hydrogen-bond acceptors (Lipinski definition) is 2. The van der Waals surface area contributed by atoms with Gasteiger partial charge in [-0.1, -0.05) is 18.2 Å². The molecule has 2 aromatic rings. The predicted molar refractivity (Wildman–Crippen MR) is 77.5 cm³/mol. The first-order chi connectivity index (χ1) is 10.7. The Bertz CT molecular complexity index is 769. The van der Waals surface area contributed by atoms with Crippen LogP contribution < -0.4 is 5.32 Å². The highest BCUT2D eigenvalue weighted by atomic mass is 19.4. The number of carboxylic acid groups (broad SMARTS) is 1. The van der Waals surface area contributed by atoms with Gasteiger partial charge < -0.3 is 10.4 Å². The molecule has 0 spiro atoms. The summed E-state index contributed by atoms with van der Waals surface area (Å²) in [6, 6.07) is 8.88. The van der Waals surface area contributed by atoms with E-state index in [0.29, 0.717) is 0 Å². The van der Waals surface area contributed by atoms with Crippen LogP contribution in [-0.2, 0) is 6.18 Å². The highest BCUT2D eigenvalue weighted by Crippen LogP contribution is 2.34. The quantitative estimate of drug-likeness (QED) is 0.898. The van der Waals surface area contributed by atoms with Crippen molar-refractivity contribution in [3.05, 3.63) is 64.7 Å². The molecular formula is C16H12F3NO3. The van der Waals surface area contributed by atoms with E-state index >= 15 is 0 Å². The molecule has 2 aromatic carbocycles. The van der Waals surface area contributed by atoms with E-state index in [0.717, 1.165) is 6.07 Å². The number of alkyl halides is 3. The number of amides is 1. The third-order valence-electron chi connectivity index (χ3n) is 3.29. The van der Waals surface area contributed by atoms with Crippen molar-refractivity contribution in [2.45, 2.75) is 13.1 Å². The lowest BCUT2D eigenvalue weighted by atomic mass is 10.0. The van der Waals surface area contributed by atoms with Crippen molar-refractivity contribution in [3.63, 3.8) is 0 Å². The van der Waals surface area contributed by atoms with Crippen LogP contribution in [0.5, 0.6) is 0 Å². The highest BCUT2D eigenvalue weighted by Gasteiger charge is 2.33. The summed E-state index contributed by atoms with van der Waals surface area (Å²) in [5, 5.41) is 11.4. The third kappa shape index (κ3) is 3.50. The maximum absolute atomic E-state index is 12.9. The van der Waals surface area contributed by atoms with Crippen molar-refractivity contribution in [2.75, 3.05) is 5.32 Å². The van der Waals surface area contributed by atoms with Crippen molar-refractivity contribution in [3.8, 4) is 0 Å². The molecule has 0 bridgehead atoms. The number of nitrogens with one attached hydrogen (secondary N) is 1. The minimum Gasteiger partial charge on any atom is -0.478 e. The molecule has 0 aromatic heterocycles. The van der Waals surface area contributed by atoms with Crippen LogP contribution in [0.2, 0.25) is 0 Å². The number of carboxylic acids is 1. The zero-order chi connectivity index (χ0) is 17.2. The first kappa shape index (κ1) is 16.5. The van der Waals surface area contributed by atoms with Gasteiger partial charge in [-0.25, -0.2) is 4.79 Å². The van der Waals surface area contributed by atoms with Gasteiger partial charge in [-0.05, 0) is 36.8 Å². The van der Waals surface area contributed by atoms with Crippen molar-refractivity contribution >= 4 is 17.6 Å². The average Bonchev–Trinajstić information content (AvgIpc) is 2.48. The Labute approximate surface area is 129 Å². The monoisotopic (exact) mass is 323 g/mol. The van der Waals surface area contributed by atoms with Gasteiger partial charge in [0.2, 0.25) is 0 Å². The number of hydrogen-bond donors (Lipinski definition) is 2. The van der Waals surface area contributed by atoms with E-state index in [4.69, 9.17) is 5.11 Å². The predicted octanol–water partition coefficient (Wildman–Crippen LogP) is 3.96. The Balaban J connectivity index is 2.38. The van der Waals surface area contributed by atoms with Crippen molar-refractivity contribution in [1.29, 1.82) is 0 Å². The molecule has 1 amide bonds. The molecule has 2 rings (SSSR count). The number of carbonyl (C=O) groups excluding carboxylic acids is 1. The minimum absolute atomic E-state index is 0.0231. The summed E-state index contributed by atoms with van der Waals surface area (Å²) in [6.45, 7) is 1.24. The SMILES string of the molecule is Cc1c(NC(=O)c2ccccc2C(=O)O)cccc1C(F)(F)F. The Morgan fingerprint density at radius 1 is 1.00 bits per heavy atom. The van der Waals surface area contributed by atoms with E-state index < -0.39 is 23.6 Å². The van der Waals surface area contributed by atoms with Crippen molar-refractivity contribution < 1.29 is 27.9 Å². The Morgan fingerprint density at radius 2 is 1.61 bits per heavy atom. The van der Waals surface area contributed by atoms with E-state index in [1.807, 2.05) is 0 Å². The smallest absolute Gasteiger partial charge is 0.416 e. The Morgan fingerprint density at radius 3 is 2.17 bits per heavy atom. The zero-order valence-corrected chi connectivity index (χ0v) is 11.9. The second-order valence-electron chi connectivity index (χ2n) is 4.78. The zero-order valence-electron chi connectivity index (χ0n) is 11.9. The summed E-state index contributed by atoms with van der Waals surface area (Å²) in [4.78, 5) is 23.3. The van der Waals surface area contributed by atoms with Gasteiger partial charge in [-0.3, -0.25) is 4.79 Å². The van der Waals surface area contributed by atoms with E-state index in [9.17, 15) is 22.8 Å². The summed E-state index contributed by atoms with van der Waals surface area (Å²) < 4.78 is 38.6.